The molecular weight excluding hydrogens is 214 g/mol. The van der Waals surface area contributed by atoms with Gasteiger partial charge in [0.05, 0.1) is 6.04 Å². The molecule has 1 aliphatic heterocycles. The molecule has 90 valence electrons. The van der Waals surface area contributed by atoms with Crippen LogP contribution in [0.5, 0.6) is 0 Å². The lowest BCUT2D eigenvalue weighted by Crippen LogP contribution is -2.35. The second-order valence-corrected chi connectivity index (χ2v) is 6.88. The van der Waals surface area contributed by atoms with E-state index in [1.165, 1.54) is 63.5 Å². The minimum atomic E-state index is 0.699. The number of hydrogen-bond acceptors (Lipinski definition) is 2. The lowest BCUT2D eigenvalue weighted by atomic mass is 9.85. The minimum absolute atomic E-state index is 0.699. The number of hydrogen-bond donors (Lipinski definition) is 0. The van der Waals surface area contributed by atoms with Crippen LogP contribution in [0.25, 0.3) is 0 Å². The molecule has 0 aromatic carbocycles. The number of nitrogens with zero attached hydrogens (tertiary/aromatic N) is 1. The zero-order valence-electron chi connectivity index (χ0n) is 10.2. The molecule has 0 amide bonds. The van der Waals surface area contributed by atoms with Crippen molar-refractivity contribution in [3.05, 3.63) is 0 Å². The van der Waals surface area contributed by atoms with E-state index in [-0.39, 0.29) is 0 Å². The summed E-state index contributed by atoms with van der Waals surface area (Å²) in [4.78, 5) is 5.12. The van der Waals surface area contributed by atoms with Crippen molar-refractivity contribution in [2.24, 2.45) is 10.9 Å². The molecule has 0 N–H and O–H groups in total. The second-order valence-electron chi connectivity index (χ2n) is 5.66. The van der Waals surface area contributed by atoms with E-state index in [1.54, 1.807) is 5.71 Å². The molecule has 2 saturated carbocycles. The number of fused-ring (bicyclic) bond motifs is 1. The first-order chi connectivity index (χ1) is 7.93. The van der Waals surface area contributed by atoms with Gasteiger partial charge >= 0.3 is 0 Å². The first-order valence-corrected chi connectivity index (χ1v) is 8.16. The third-order valence-electron chi connectivity index (χ3n) is 4.52. The molecule has 1 nitrogen and oxygen atoms in total. The molecule has 2 atom stereocenters. The lowest BCUT2D eigenvalue weighted by Gasteiger charge is -2.35. The molecule has 2 fully saturated rings. The number of aliphatic imine (C=N–C) groups is 1. The Morgan fingerprint density at radius 1 is 0.875 bits per heavy atom. The highest BCUT2D eigenvalue weighted by Crippen LogP contribution is 2.37. The number of thioether (sulfide) groups is 1. The maximum absolute atomic E-state index is 5.12. The van der Waals surface area contributed by atoms with Crippen LogP contribution in [0.4, 0.5) is 0 Å². The molecule has 2 aliphatic carbocycles. The summed E-state index contributed by atoms with van der Waals surface area (Å²) >= 11 is 2.22. The van der Waals surface area contributed by atoms with Gasteiger partial charge in [-0.1, -0.05) is 32.1 Å². The Morgan fingerprint density at radius 3 is 2.50 bits per heavy atom. The van der Waals surface area contributed by atoms with E-state index < -0.39 is 0 Å². The van der Waals surface area contributed by atoms with E-state index in [2.05, 4.69) is 11.8 Å². The minimum Gasteiger partial charge on any atom is -0.288 e. The Hall–Kier alpha value is 0.0200. The molecule has 3 rings (SSSR count). The first kappa shape index (κ1) is 11.1. The molecule has 0 aromatic heterocycles. The van der Waals surface area contributed by atoms with Crippen LogP contribution in [0, 0.1) is 5.92 Å². The van der Waals surface area contributed by atoms with Crippen molar-refractivity contribution in [1.29, 1.82) is 0 Å². The normalized spacial score (nSPS) is 36.6. The van der Waals surface area contributed by atoms with Gasteiger partial charge in [-0.05, 0) is 31.6 Å². The van der Waals surface area contributed by atoms with Crippen molar-refractivity contribution in [3.8, 4) is 0 Å². The Morgan fingerprint density at radius 2 is 1.62 bits per heavy atom. The Labute approximate surface area is 103 Å². The predicted octanol–water partition coefficient (Wildman–Crippen LogP) is 4.07. The van der Waals surface area contributed by atoms with E-state index >= 15 is 0 Å². The van der Waals surface area contributed by atoms with Crippen molar-refractivity contribution in [3.63, 3.8) is 0 Å². The zero-order chi connectivity index (χ0) is 10.8. The molecule has 1 heterocycles. The summed E-state index contributed by atoms with van der Waals surface area (Å²) in [6.45, 7) is 0. The van der Waals surface area contributed by atoms with Gasteiger partial charge in [0.1, 0.15) is 0 Å². The first-order valence-electron chi connectivity index (χ1n) is 7.11. The van der Waals surface area contributed by atoms with E-state index in [0.29, 0.717) is 6.04 Å². The van der Waals surface area contributed by atoms with Crippen LogP contribution in [-0.2, 0) is 0 Å². The van der Waals surface area contributed by atoms with Crippen molar-refractivity contribution >= 4 is 17.5 Å². The molecule has 0 aromatic rings. The standard InChI is InChI=1S/C14H23NS/c1-2-6-11(7-3-1)13-10-16-14-9-5-4-8-12(14)15-13/h11-12,14H,1-10H2/t12-,14-/m0/s1. The molecule has 3 aliphatic rings. The maximum atomic E-state index is 5.12. The van der Waals surface area contributed by atoms with E-state index in [0.717, 1.165) is 11.2 Å². The van der Waals surface area contributed by atoms with Crippen LogP contribution in [0.3, 0.4) is 0 Å². The average Bonchev–Trinajstić information content (AvgIpc) is 2.39. The van der Waals surface area contributed by atoms with Gasteiger partial charge in [-0.2, -0.15) is 11.8 Å². The van der Waals surface area contributed by atoms with Crippen LogP contribution >= 0.6 is 11.8 Å². The van der Waals surface area contributed by atoms with E-state index in [9.17, 15) is 0 Å². The fourth-order valence-electron chi connectivity index (χ4n) is 3.52. The summed E-state index contributed by atoms with van der Waals surface area (Å²) in [6.07, 6.45) is 12.9. The van der Waals surface area contributed by atoms with Crippen molar-refractivity contribution in [2.75, 3.05) is 5.75 Å². The van der Waals surface area contributed by atoms with Crippen LogP contribution in [0.2, 0.25) is 0 Å². The Balaban J connectivity index is 1.68. The highest BCUT2D eigenvalue weighted by atomic mass is 32.2. The molecule has 16 heavy (non-hydrogen) atoms. The summed E-state index contributed by atoms with van der Waals surface area (Å²) in [7, 11) is 0. The van der Waals surface area contributed by atoms with Crippen LogP contribution in [0.1, 0.15) is 57.8 Å². The van der Waals surface area contributed by atoms with Gasteiger partial charge in [0, 0.05) is 16.7 Å². The van der Waals surface area contributed by atoms with Crippen molar-refractivity contribution in [2.45, 2.75) is 69.1 Å². The zero-order valence-corrected chi connectivity index (χ0v) is 11.0. The van der Waals surface area contributed by atoms with Crippen LogP contribution in [-0.4, -0.2) is 22.8 Å². The highest BCUT2D eigenvalue weighted by Gasteiger charge is 2.31. The molecule has 0 saturated heterocycles. The molecule has 0 bridgehead atoms. The SMILES string of the molecule is C1CCC(C2=N[C@H]3CCCC[C@@H]3SC2)CC1. The fraction of sp³-hybridized carbons (Fsp3) is 0.929. The van der Waals surface area contributed by atoms with Gasteiger partial charge in [0.25, 0.3) is 0 Å². The smallest absolute Gasteiger partial charge is 0.0618 e. The quantitative estimate of drug-likeness (QED) is 0.670. The van der Waals surface area contributed by atoms with Gasteiger partial charge in [0.15, 0.2) is 0 Å². The molecule has 0 radical (unpaired) electrons. The third-order valence-corrected chi connectivity index (χ3v) is 5.96. The third kappa shape index (κ3) is 2.32. The molecule has 0 unspecified atom stereocenters. The van der Waals surface area contributed by atoms with Gasteiger partial charge in [-0.15, -0.1) is 0 Å². The average molecular weight is 237 g/mol. The maximum Gasteiger partial charge on any atom is 0.0618 e. The lowest BCUT2D eigenvalue weighted by molar-refractivity contribution is 0.422. The Bertz CT molecular complexity index is 268. The van der Waals surface area contributed by atoms with Gasteiger partial charge < -0.3 is 0 Å². The van der Waals surface area contributed by atoms with Crippen LogP contribution in [0.15, 0.2) is 4.99 Å². The summed E-state index contributed by atoms with van der Waals surface area (Å²) in [6, 6.07) is 0.699. The second kappa shape index (κ2) is 5.12. The summed E-state index contributed by atoms with van der Waals surface area (Å²) < 4.78 is 0. The van der Waals surface area contributed by atoms with E-state index in [1.807, 2.05) is 0 Å². The van der Waals surface area contributed by atoms with Gasteiger partial charge in [0.2, 0.25) is 0 Å². The Kier molecular flexibility index (Phi) is 3.56. The topological polar surface area (TPSA) is 12.4 Å². The highest BCUT2D eigenvalue weighted by molar-refractivity contribution is 8.00. The fourth-order valence-corrected chi connectivity index (χ4v) is 4.97. The summed E-state index contributed by atoms with van der Waals surface area (Å²) in [5, 5.41) is 0.876. The van der Waals surface area contributed by atoms with Gasteiger partial charge in [-0.25, -0.2) is 0 Å². The van der Waals surface area contributed by atoms with Crippen molar-refractivity contribution < 1.29 is 0 Å². The van der Waals surface area contributed by atoms with Crippen LogP contribution < -0.4 is 0 Å². The molecule has 2 heteroatoms. The van der Waals surface area contributed by atoms with Crippen molar-refractivity contribution in [1.82, 2.24) is 0 Å². The monoisotopic (exact) mass is 237 g/mol. The van der Waals surface area contributed by atoms with Gasteiger partial charge in [-0.3, -0.25) is 4.99 Å². The summed E-state index contributed by atoms with van der Waals surface area (Å²) in [5.74, 6) is 2.12. The largest absolute Gasteiger partial charge is 0.288 e. The number of rotatable bonds is 1. The molecule has 0 spiro atoms. The summed E-state index contributed by atoms with van der Waals surface area (Å²) in [5.41, 5.74) is 1.59. The molecular formula is C14H23NS. The van der Waals surface area contributed by atoms with E-state index in [4.69, 9.17) is 4.99 Å². The predicted molar refractivity (Wildman–Crippen MR) is 72.5 cm³/mol.